The van der Waals surface area contributed by atoms with Crippen molar-refractivity contribution in [1.29, 1.82) is 0 Å². The number of benzene rings is 7. The summed E-state index contributed by atoms with van der Waals surface area (Å²) in [6.45, 7) is 28.6. The fourth-order valence-corrected chi connectivity index (χ4v) is 13.3. The summed E-state index contributed by atoms with van der Waals surface area (Å²) in [5.74, 6) is 0. The molecule has 4 heteroatoms. The molecule has 2 nitrogen and oxygen atoms in total. The maximum absolute atomic E-state index is 4.11. The van der Waals surface area contributed by atoms with Crippen LogP contribution in [0.4, 0.5) is 11.4 Å². The van der Waals surface area contributed by atoms with Crippen LogP contribution in [0.3, 0.4) is 0 Å². The number of hydrogen-bond donors (Lipinski definition) is 1. The van der Waals surface area contributed by atoms with Crippen LogP contribution in [0.2, 0.25) is 0 Å². The molecular formula is C61H60BN2S. The van der Waals surface area contributed by atoms with Gasteiger partial charge in [0.2, 0.25) is 0 Å². The highest BCUT2D eigenvalue weighted by Crippen LogP contribution is 2.54. The van der Waals surface area contributed by atoms with E-state index in [-0.39, 0.29) is 27.1 Å². The number of aromatic nitrogens is 1. The van der Waals surface area contributed by atoms with Gasteiger partial charge >= 0.3 is 0 Å². The average molecular weight is 864 g/mol. The van der Waals surface area contributed by atoms with Crippen molar-refractivity contribution in [2.45, 2.75) is 123 Å². The van der Waals surface area contributed by atoms with E-state index in [1.807, 2.05) is 11.3 Å². The second-order valence-corrected chi connectivity index (χ2v) is 24.6. The molecular weight excluding hydrogens is 804 g/mol. The molecule has 0 saturated carbocycles. The Labute approximate surface area is 390 Å². The van der Waals surface area contributed by atoms with Gasteiger partial charge in [0.15, 0.2) is 7.28 Å². The average Bonchev–Trinajstić information content (AvgIpc) is 3.88. The highest BCUT2D eigenvalue weighted by molar-refractivity contribution is 7.27. The second-order valence-electron chi connectivity index (χ2n) is 23.6. The first-order valence-corrected chi connectivity index (χ1v) is 24.7. The van der Waals surface area contributed by atoms with E-state index >= 15 is 0 Å². The zero-order valence-corrected chi connectivity index (χ0v) is 41.1. The van der Waals surface area contributed by atoms with Gasteiger partial charge in [0.1, 0.15) is 0 Å². The van der Waals surface area contributed by atoms with Gasteiger partial charge in [-0.3, -0.25) is 0 Å². The molecule has 2 aliphatic carbocycles. The topological polar surface area (TPSA) is 17.0 Å². The molecule has 7 aromatic carbocycles. The van der Waals surface area contributed by atoms with Gasteiger partial charge in [0.05, 0.1) is 11.0 Å². The fraction of sp³-hybridized carbons (Fsp3) is 0.311. The van der Waals surface area contributed by atoms with Crippen LogP contribution in [-0.4, -0.2) is 11.8 Å². The minimum absolute atomic E-state index is 0.000353. The van der Waals surface area contributed by atoms with Crippen LogP contribution < -0.4 is 16.2 Å². The summed E-state index contributed by atoms with van der Waals surface area (Å²) in [6, 6.07) is 45.0. The monoisotopic (exact) mass is 863 g/mol. The SMILES string of the molecule is CC(C)(C)c1ccc(Nc2cc3c(cc2-c2c4c5c(c6cc(C(C)(C)C)ccc6n5-c5cc6c(cc5[B]4)C(C)(C)c4ccccc4-6)c4sc5ccccc5c24)C(C)(C)CCC3(C)C)cc1. The van der Waals surface area contributed by atoms with Crippen molar-refractivity contribution in [2.75, 3.05) is 5.32 Å². The van der Waals surface area contributed by atoms with Crippen LogP contribution in [0, 0.1) is 0 Å². The lowest BCUT2D eigenvalue weighted by molar-refractivity contribution is 0.332. The van der Waals surface area contributed by atoms with Gasteiger partial charge in [0, 0.05) is 59.0 Å². The smallest absolute Gasteiger partial charge is 0.197 e. The summed E-state index contributed by atoms with van der Waals surface area (Å²) in [5, 5.41) is 9.51. The van der Waals surface area contributed by atoms with Gasteiger partial charge in [-0.2, -0.15) is 0 Å². The van der Waals surface area contributed by atoms with E-state index in [0.717, 1.165) is 18.5 Å². The van der Waals surface area contributed by atoms with E-state index in [4.69, 9.17) is 0 Å². The standard InChI is InChI=1S/C61H60BN2S/c1-57(2,3)34-21-24-36(25-22-34)63-47-33-45-44(59(7,8)27-28-60(45,9)10)30-40(47)51-52-38-18-14-16-20-50(38)65-56(52)53-41-29-35(58(4,5)6)23-26-48(41)64-49-31-39-37-17-13-15-19-42(37)61(11,12)43(39)32-46(49)62-54(51)55(53)64/h13-26,29-33,63H,27-28H2,1-12H3. The largest absolute Gasteiger partial charge is 0.355 e. The van der Waals surface area contributed by atoms with Crippen LogP contribution in [0.5, 0.6) is 0 Å². The molecule has 1 radical (unpaired) electrons. The molecule has 65 heavy (non-hydrogen) atoms. The number of nitrogens with zero attached hydrogens (tertiary/aromatic N) is 1. The molecule has 0 atom stereocenters. The molecule has 1 aliphatic heterocycles. The normalized spacial score (nSPS) is 16.7. The van der Waals surface area contributed by atoms with E-state index in [0.29, 0.717) is 0 Å². The number of anilines is 2. The molecule has 3 heterocycles. The van der Waals surface area contributed by atoms with Gasteiger partial charge in [-0.25, -0.2) is 0 Å². The van der Waals surface area contributed by atoms with E-state index in [1.165, 1.54) is 120 Å². The predicted molar refractivity (Wildman–Crippen MR) is 284 cm³/mol. The van der Waals surface area contributed by atoms with E-state index in [9.17, 15) is 0 Å². The van der Waals surface area contributed by atoms with Crippen LogP contribution in [0.15, 0.2) is 115 Å². The third-order valence-corrected chi connectivity index (χ3v) is 17.2. The molecule has 0 unspecified atom stereocenters. The number of thiophene rings is 1. The van der Waals surface area contributed by atoms with Crippen LogP contribution >= 0.6 is 11.3 Å². The Kier molecular flexibility index (Phi) is 8.36. The molecule has 0 amide bonds. The fourth-order valence-electron chi connectivity index (χ4n) is 12.0. The first-order valence-electron chi connectivity index (χ1n) is 23.9. The molecule has 9 aromatic rings. The number of rotatable bonds is 3. The zero-order chi connectivity index (χ0) is 45.3. The molecule has 0 fully saturated rings. The van der Waals surface area contributed by atoms with Crippen molar-refractivity contribution in [3.05, 3.63) is 149 Å². The first kappa shape index (κ1) is 40.9. The Morgan fingerprint density at radius 3 is 1.97 bits per heavy atom. The van der Waals surface area contributed by atoms with Crippen molar-refractivity contribution in [3.8, 4) is 27.9 Å². The third kappa shape index (κ3) is 5.84. The summed E-state index contributed by atoms with van der Waals surface area (Å²) in [4.78, 5) is 0. The summed E-state index contributed by atoms with van der Waals surface area (Å²) >= 11 is 1.97. The quantitative estimate of drug-likeness (QED) is 0.175. The molecule has 0 bridgehead atoms. The van der Waals surface area contributed by atoms with Crippen molar-refractivity contribution < 1.29 is 0 Å². The summed E-state index contributed by atoms with van der Waals surface area (Å²) in [7, 11) is 2.58. The third-order valence-electron chi connectivity index (χ3n) is 16.0. The van der Waals surface area contributed by atoms with Crippen LogP contribution in [0.1, 0.15) is 129 Å². The summed E-state index contributed by atoms with van der Waals surface area (Å²) in [5.41, 5.74) is 22.5. The Morgan fingerprint density at radius 1 is 0.585 bits per heavy atom. The molecule has 3 aliphatic rings. The van der Waals surface area contributed by atoms with E-state index in [2.05, 4.69) is 216 Å². The maximum Gasteiger partial charge on any atom is 0.197 e. The Balaban J connectivity index is 1.25. The number of nitrogens with one attached hydrogen (secondary N) is 1. The second kappa shape index (κ2) is 13.3. The lowest BCUT2D eigenvalue weighted by atomic mass is 9.57. The molecule has 0 spiro atoms. The summed E-state index contributed by atoms with van der Waals surface area (Å²) in [6.07, 6.45) is 2.32. The number of fused-ring (bicyclic) bond motifs is 13. The lowest BCUT2D eigenvalue weighted by Gasteiger charge is -2.42. The minimum Gasteiger partial charge on any atom is -0.355 e. The molecule has 323 valence electrons. The van der Waals surface area contributed by atoms with Crippen molar-refractivity contribution in [3.63, 3.8) is 0 Å². The summed E-state index contributed by atoms with van der Waals surface area (Å²) < 4.78 is 5.36. The van der Waals surface area contributed by atoms with Crippen molar-refractivity contribution in [2.24, 2.45) is 0 Å². The highest BCUT2D eigenvalue weighted by Gasteiger charge is 2.41. The van der Waals surface area contributed by atoms with Gasteiger partial charge in [0.25, 0.3) is 0 Å². The Hall–Kier alpha value is -5.58. The van der Waals surface area contributed by atoms with Crippen LogP contribution in [-0.2, 0) is 27.1 Å². The molecule has 1 N–H and O–H groups in total. The minimum atomic E-state index is -0.113. The van der Waals surface area contributed by atoms with E-state index < -0.39 is 0 Å². The maximum atomic E-state index is 4.11. The highest BCUT2D eigenvalue weighted by atomic mass is 32.1. The van der Waals surface area contributed by atoms with E-state index in [1.54, 1.807) is 0 Å². The molecule has 0 saturated heterocycles. The van der Waals surface area contributed by atoms with Crippen molar-refractivity contribution in [1.82, 2.24) is 4.57 Å². The van der Waals surface area contributed by atoms with Gasteiger partial charge in [-0.1, -0.05) is 155 Å². The molecule has 2 aromatic heterocycles. The van der Waals surface area contributed by atoms with Gasteiger partial charge < -0.3 is 9.88 Å². The van der Waals surface area contributed by atoms with Crippen LogP contribution in [0.25, 0.3) is 69.9 Å². The Bertz CT molecular complexity index is 3520. The first-order chi connectivity index (χ1) is 30.7. The van der Waals surface area contributed by atoms with Gasteiger partial charge in [-0.15, -0.1) is 11.3 Å². The predicted octanol–water partition coefficient (Wildman–Crippen LogP) is 15.8. The molecule has 12 rings (SSSR count). The van der Waals surface area contributed by atoms with Crippen molar-refractivity contribution >= 4 is 82.9 Å². The van der Waals surface area contributed by atoms with Gasteiger partial charge in [-0.05, 0) is 139 Å². The number of hydrogen-bond acceptors (Lipinski definition) is 2. The zero-order valence-electron chi connectivity index (χ0n) is 40.3. The lowest BCUT2D eigenvalue weighted by Crippen LogP contribution is -2.38. The Morgan fingerprint density at radius 2 is 1.25 bits per heavy atom.